The summed E-state index contributed by atoms with van der Waals surface area (Å²) in [7, 11) is 0. The first kappa shape index (κ1) is 31.9. The number of nitrogens with zero attached hydrogens (tertiary/aromatic N) is 1. The molecule has 0 N–H and O–H groups in total. The van der Waals surface area contributed by atoms with Crippen LogP contribution in [0.5, 0.6) is 5.75 Å². The van der Waals surface area contributed by atoms with Gasteiger partial charge in [-0.15, -0.1) is 0 Å². The van der Waals surface area contributed by atoms with Crippen LogP contribution in [0.2, 0.25) is 0 Å². The average molecular weight is 726 g/mol. The van der Waals surface area contributed by atoms with Gasteiger partial charge in [-0.3, -0.25) is 0 Å². The van der Waals surface area contributed by atoms with Gasteiger partial charge < -0.3 is 9.64 Å². The predicted molar refractivity (Wildman–Crippen MR) is 237 cm³/mol. The van der Waals surface area contributed by atoms with E-state index < -0.39 is 5.60 Å². The summed E-state index contributed by atoms with van der Waals surface area (Å²) in [5.74, 6) is 0.895. The molecule has 2 heteroatoms. The lowest BCUT2D eigenvalue weighted by Gasteiger charge is -2.39. The highest BCUT2D eigenvalue weighted by Gasteiger charge is 2.51. The first-order valence-corrected chi connectivity index (χ1v) is 19.7. The molecule has 0 fully saturated rings. The van der Waals surface area contributed by atoms with Gasteiger partial charge in [-0.2, -0.15) is 0 Å². The van der Waals surface area contributed by atoms with E-state index in [0.717, 1.165) is 45.1 Å². The van der Waals surface area contributed by atoms with Crippen molar-refractivity contribution < 1.29 is 4.74 Å². The summed E-state index contributed by atoms with van der Waals surface area (Å²) >= 11 is 0. The fraction of sp³-hybridized carbons (Fsp3) is 0.0182. The van der Waals surface area contributed by atoms with E-state index in [0.29, 0.717) is 0 Å². The molecule has 10 aromatic rings. The zero-order valence-corrected chi connectivity index (χ0v) is 31.1. The van der Waals surface area contributed by atoms with Gasteiger partial charge in [0, 0.05) is 39.2 Å². The summed E-state index contributed by atoms with van der Waals surface area (Å²) in [5.41, 5.74) is 13.0. The van der Waals surface area contributed by atoms with E-state index in [4.69, 9.17) is 4.74 Å². The Hall–Kier alpha value is -7.42. The number of hydrogen-bond acceptors (Lipinski definition) is 2. The first-order chi connectivity index (χ1) is 28.3. The van der Waals surface area contributed by atoms with E-state index in [1.807, 2.05) is 0 Å². The van der Waals surface area contributed by atoms with Crippen LogP contribution in [0.15, 0.2) is 212 Å². The van der Waals surface area contributed by atoms with Crippen LogP contribution < -0.4 is 9.64 Å². The van der Waals surface area contributed by atoms with Crippen molar-refractivity contribution in [3.63, 3.8) is 0 Å². The van der Waals surface area contributed by atoms with E-state index in [9.17, 15) is 0 Å². The normalized spacial score (nSPS) is 14.9. The number of fused-ring (bicyclic) bond motifs is 15. The van der Waals surface area contributed by atoms with Crippen LogP contribution in [-0.4, -0.2) is 0 Å². The molecule has 1 unspecified atom stereocenters. The second-order valence-corrected chi connectivity index (χ2v) is 15.1. The smallest absolute Gasteiger partial charge is 0.186 e. The highest BCUT2D eigenvalue weighted by atomic mass is 16.5. The topological polar surface area (TPSA) is 12.5 Å². The Labute approximate surface area is 331 Å². The van der Waals surface area contributed by atoms with Crippen molar-refractivity contribution in [2.75, 3.05) is 4.90 Å². The summed E-state index contributed by atoms with van der Waals surface area (Å²) < 4.78 is 7.40. The van der Waals surface area contributed by atoms with E-state index in [2.05, 4.69) is 217 Å². The summed E-state index contributed by atoms with van der Waals surface area (Å²) in [6, 6.07) is 77.1. The Morgan fingerprint density at radius 3 is 1.56 bits per heavy atom. The predicted octanol–water partition coefficient (Wildman–Crippen LogP) is 14.6. The fourth-order valence-corrected chi connectivity index (χ4v) is 9.77. The van der Waals surface area contributed by atoms with Crippen LogP contribution in [0.4, 0.5) is 17.1 Å². The molecule has 0 aromatic heterocycles. The van der Waals surface area contributed by atoms with Crippen molar-refractivity contribution in [3.05, 3.63) is 229 Å². The summed E-state index contributed by atoms with van der Waals surface area (Å²) in [6.07, 6.45) is 0. The standard InChI is InChI=1S/C55H35NO/c1-2-15-36(16-3-1)37-29-31-38(32-30-37)56(39-33-34-44-42-19-5-4-17-40(42)41-18-6-7-20-43(41)48(44)35-39)52-27-14-26-51-54(52)47-23-9-12-25-50(47)55(51)49-24-11-8-21-45(49)46-22-10-13-28-53(46)57-55/h1-35H. The molecular formula is C55H35NO. The van der Waals surface area contributed by atoms with E-state index in [1.54, 1.807) is 0 Å². The molecule has 1 heterocycles. The van der Waals surface area contributed by atoms with Crippen molar-refractivity contribution in [3.8, 4) is 39.1 Å². The van der Waals surface area contributed by atoms with Gasteiger partial charge in [0.15, 0.2) is 5.60 Å². The van der Waals surface area contributed by atoms with Crippen LogP contribution in [0.1, 0.15) is 16.7 Å². The van der Waals surface area contributed by atoms with Gasteiger partial charge in [0.25, 0.3) is 0 Å². The number of ether oxygens (including phenoxy) is 1. The molecule has 0 amide bonds. The molecule has 1 aliphatic carbocycles. The maximum atomic E-state index is 7.40. The van der Waals surface area contributed by atoms with Crippen molar-refractivity contribution in [1.29, 1.82) is 0 Å². The zero-order valence-electron chi connectivity index (χ0n) is 31.1. The van der Waals surface area contributed by atoms with Crippen molar-refractivity contribution in [1.82, 2.24) is 0 Å². The molecule has 1 spiro atoms. The third-order valence-corrected chi connectivity index (χ3v) is 12.2. The third-order valence-electron chi connectivity index (χ3n) is 12.2. The molecular weight excluding hydrogens is 691 g/mol. The van der Waals surface area contributed by atoms with Gasteiger partial charge in [-0.05, 0) is 91.0 Å². The van der Waals surface area contributed by atoms with Gasteiger partial charge in [-0.25, -0.2) is 0 Å². The molecule has 2 nitrogen and oxygen atoms in total. The van der Waals surface area contributed by atoms with Gasteiger partial charge in [-0.1, -0.05) is 176 Å². The maximum absolute atomic E-state index is 7.40. The van der Waals surface area contributed by atoms with Gasteiger partial charge in [0.05, 0.1) is 5.69 Å². The van der Waals surface area contributed by atoms with Crippen molar-refractivity contribution in [2.24, 2.45) is 0 Å². The number of anilines is 3. The monoisotopic (exact) mass is 725 g/mol. The van der Waals surface area contributed by atoms with E-state index >= 15 is 0 Å². The Bertz CT molecular complexity index is 3180. The fourth-order valence-electron chi connectivity index (χ4n) is 9.77. The van der Waals surface area contributed by atoms with Crippen molar-refractivity contribution in [2.45, 2.75) is 5.60 Å². The summed E-state index contributed by atoms with van der Waals surface area (Å²) in [4.78, 5) is 2.45. The number of para-hydroxylation sites is 1. The Balaban J connectivity index is 1.14. The SMILES string of the molecule is c1ccc(-c2ccc(N(c3ccc4c5ccccc5c5ccccc5c4c3)c3cccc4c3-c3ccccc3C43Oc4ccccc4-c4ccccc43)cc2)cc1. The molecule has 10 aromatic carbocycles. The third kappa shape index (κ3) is 4.59. The molecule has 0 saturated heterocycles. The summed E-state index contributed by atoms with van der Waals surface area (Å²) in [5, 5.41) is 7.54. The minimum atomic E-state index is -0.825. The van der Waals surface area contributed by atoms with Gasteiger partial charge >= 0.3 is 0 Å². The molecule has 1 aliphatic heterocycles. The highest BCUT2D eigenvalue weighted by molar-refractivity contribution is 6.25. The zero-order chi connectivity index (χ0) is 37.5. The largest absolute Gasteiger partial charge is 0.472 e. The lowest BCUT2D eigenvalue weighted by Crippen LogP contribution is -2.36. The Kier molecular flexibility index (Phi) is 6.88. The van der Waals surface area contributed by atoms with Crippen LogP contribution in [0.25, 0.3) is 65.7 Å². The Morgan fingerprint density at radius 1 is 0.333 bits per heavy atom. The van der Waals surface area contributed by atoms with E-state index in [-0.39, 0.29) is 0 Å². The molecule has 0 bridgehead atoms. The van der Waals surface area contributed by atoms with Gasteiger partial charge in [0.2, 0.25) is 0 Å². The molecule has 1 atom stereocenters. The molecule has 12 rings (SSSR count). The molecule has 2 aliphatic rings. The molecule has 0 radical (unpaired) electrons. The Morgan fingerprint density at radius 2 is 0.842 bits per heavy atom. The average Bonchev–Trinajstić information content (AvgIpc) is 3.57. The van der Waals surface area contributed by atoms with Crippen LogP contribution >= 0.6 is 0 Å². The first-order valence-electron chi connectivity index (χ1n) is 19.7. The van der Waals surface area contributed by atoms with Crippen LogP contribution in [0, 0.1) is 0 Å². The number of rotatable bonds is 4. The minimum Gasteiger partial charge on any atom is -0.472 e. The lowest BCUT2D eigenvalue weighted by molar-refractivity contribution is 0.157. The molecule has 57 heavy (non-hydrogen) atoms. The number of hydrogen-bond donors (Lipinski definition) is 0. The van der Waals surface area contributed by atoms with Crippen LogP contribution in [0.3, 0.4) is 0 Å². The maximum Gasteiger partial charge on any atom is 0.186 e. The summed E-state index contributed by atoms with van der Waals surface area (Å²) in [6.45, 7) is 0. The highest BCUT2D eigenvalue weighted by Crippen LogP contribution is 2.61. The molecule has 266 valence electrons. The van der Waals surface area contributed by atoms with E-state index in [1.165, 1.54) is 60.1 Å². The second-order valence-electron chi connectivity index (χ2n) is 15.1. The minimum absolute atomic E-state index is 0.825. The molecule has 0 saturated carbocycles. The van der Waals surface area contributed by atoms with Crippen LogP contribution in [-0.2, 0) is 5.60 Å². The quantitative estimate of drug-likeness (QED) is 0.168. The van der Waals surface area contributed by atoms with Gasteiger partial charge in [0.1, 0.15) is 5.75 Å². The lowest BCUT2D eigenvalue weighted by atomic mass is 9.78. The van der Waals surface area contributed by atoms with Crippen molar-refractivity contribution >= 4 is 49.4 Å². The number of benzene rings is 10. The second kappa shape index (κ2) is 12.3.